The maximum absolute atomic E-state index is 3.56. The van der Waals surface area contributed by atoms with Crippen LogP contribution in [0.2, 0.25) is 0 Å². The fraction of sp³-hybridized carbons (Fsp3) is 1.00. The van der Waals surface area contributed by atoms with Crippen molar-refractivity contribution in [3.63, 3.8) is 0 Å². The minimum absolute atomic E-state index is 0.470. The zero-order chi connectivity index (χ0) is 10.8. The van der Waals surface area contributed by atoms with E-state index in [9.17, 15) is 0 Å². The molecule has 0 aliphatic carbocycles. The molecule has 1 rings (SSSR count). The van der Waals surface area contributed by atoms with E-state index in [1.807, 2.05) is 0 Å². The summed E-state index contributed by atoms with van der Waals surface area (Å²) in [5.41, 5.74) is 0.470. The summed E-state index contributed by atoms with van der Waals surface area (Å²) in [5.74, 6) is 0. The van der Waals surface area contributed by atoms with Gasteiger partial charge in [-0.3, -0.25) is 0 Å². The molecule has 1 N–H and O–H groups in total. The van der Waals surface area contributed by atoms with Gasteiger partial charge in [-0.15, -0.1) is 0 Å². The van der Waals surface area contributed by atoms with Crippen LogP contribution in [0.4, 0.5) is 0 Å². The summed E-state index contributed by atoms with van der Waals surface area (Å²) in [5, 5.41) is 3.56. The van der Waals surface area contributed by atoms with Gasteiger partial charge in [0, 0.05) is 25.2 Å². The molecule has 1 saturated heterocycles. The normalized spacial score (nSPS) is 30.6. The number of nitrogens with zero attached hydrogens (tertiary/aromatic N) is 1. The van der Waals surface area contributed by atoms with E-state index in [1.54, 1.807) is 0 Å². The van der Waals surface area contributed by atoms with Crippen LogP contribution in [0.3, 0.4) is 0 Å². The highest BCUT2D eigenvalue weighted by Crippen LogP contribution is 2.19. The van der Waals surface area contributed by atoms with Crippen LogP contribution in [-0.4, -0.2) is 36.6 Å². The monoisotopic (exact) mass is 198 g/mol. The molecule has 2 atom stereocenters. The third-order valence-electron chi connectivity index (χ3n) is 2.81. The van der Waals surface area contributed by atoms with Gasteiger partial charge in [0.25, 0.3) is 0 Å². The molecular weight excluding hydrogens is 172 g/mol. The van der Waals surface area contributed by atoms with Crippen LogP contribution in [0.1, 0.15) is 41.0 Å². The molecule has 0 aromatic heterocycles. The van der Waals surface area contributed by atoms with Gasteiger partial charge in [0.05, 0.1) is 0 Å². The van der Waals surface area contributed by atoms with Gasteiger partial charge in [-0.1, -0.05) is 20.8 Å². The predicted molar refractivity (Wildman–Crippen MR) is 62.6 cm³/mol. The quantitative estimate of drug-likeness (QED) is 0.731. The molecule has 0 unspecified atom stereocenters. The Morgan fingerprint density at radius 1 is 1.14 bits per heavy atom. The Morgan fingerprint density at radius 2 is 1.64 bits per heavy atom. The predicted octanol–water partition coefficient (Wildman–Crippen LogP) is 2.10. The average Bonchev–Trinajstić information content (AvgIpc) is 1.97. The maximum Gasteiger partial charge on any atom is 0.0169 e. The van der Waals surface area contributed by atoms with Crippen LogP contribution >= 0.6 is 0 Å². The molecule has 1 aliphatic rings. The highest BCUT2D eigenvalue weighted by Gasteiger charge is 2.21. The van der Waals surface area contributed by atoms with Crippen molar-refractivity contribution < 1.29 is 0 Å². The molecule has 0 aromatic carbocycles. The van der Waals surface area contributed by atoms with Crippen molar-refractivity contribution in [3.05, 3.63) is 0 Å². The van der Waals surface area contributed by atoms with Crippen molar-refractivity contribution in [2.45, 2.75) is 53.1 Å². The van der Waals surface area contributed by atoms with Crippen LogP contribution in [0.5, 0.6) is 0 Å². The van der Waals surface area contributed by atoms with E-state index >= 15 is 0 Å². The molecule has 2 nitrogen and oxygen atoms in total. The Bertz CT molecular complexity index is 162. The fourth-order valence-electron chi connectivity index (χ4n) is 2.12. The number of hydrogen-bond acceptors (Lipinski definition) is 2. The van der Waals surface area contributed by atoms with Crippen LogP contribution in [0, 0.1) is 5.41 Å². The van der Waals surface area contributed by atoms with E-state index in [0.717, 1.165) is 0 Å². The van der Waals surface area contributed by atoms with Gasteiger partial charge in [-0.2, -0.15) is 0 Å². The molecule has 1 fully saturated rings. The summed E-state index contributed by atoms with van der Waals surface area (Å²) in [6, 6.07) is 1.30. The summed E-state index contributed by atoms with van der Waals surface area (Å²) in [7, 11) is 0. The molecule has 84 valence electrons. The maximum atomic E-state index is 3.56. The molecular formula is C12H26N2. The average molecular weight is 198 g/mol. The van der Waals surface area contributed by atoms with Crippen molar-refractivity contribution >= 4 is 0 Å². The van der Waals surface area contributed by atoms with E-state index in [1.165, 1.54) is 26.1 Å². The van der Waals surface area contributed by atoms with Crippen LogP contribution in [0.25, 0.3) is 0 Å². The SMILES string of the molecule is C[C@@H]1CN(CCC(C)(C)C)C[C@H](C)N1. The first kappa shape index (κ1) is 12.0. The van der Waals surface area contributed by atoms with Gasteiger partial charge < -0.3 is 10.2 Å². The molecule has 0 aromatic rings. The van der Waals surface area contributed by atoms with E-state index in [2.05, 4.69) is 44.8 Å². The lowest BCUT2D eigenvalue weighted by Gasteiger charge is -2.37. The first-order valence-corrected chi connectivity index (χ1v) is 5.85. The van der Waals surface area contributed by atoms with Gasteiger partial charge >= 0.3 is 0 Å². The second-order valence-electron chi connectivity index (χ2n) is 6.04. The van der Waals surface area contributed by atoms with Gasteiger partial charge in [0.2, 0.25) is 0 Å². The lowest BCUT2D eigenvalue weighted by atomic mass is 9.92. The number of nitrogens with one attached hydrogen (secondary N) is 1. The summed E-state index contributed by atoms with van der Waals surface area (Å²) in [6.07, 6.45) is 1.30. The Morgan fingerprint density at radius 3 is 2.07 bits per heavy atom. The molecule has 0 spiro atoms. The molecule has 0 saturated carbocycles. The minimum Gasteiger partial charge on any atom is -0.309 e. The van der Waals surface area contributed by atoms with E-state index in [-0.39, 0.29) is 0 Å². The topological polar surface area (TPSA) is 15.3 Å². The highest BCUT2D eigenvalue weighted by molar-refractivity contribution is 4.81. The smallest absolute Gasteiger partial charge is 0.0169 e. The third-order valence-corrected chi connectivity index (χ3v) is 2.81. The van der Waals surface area contributed by atoms with Crippen molar-refractivity contribution in [1.82, 2.24) is 10.2 Å². The second kappa shape index (κ2) is 4.63. The lowest BCUT2D eigenvalue weighted by Crippen LogP contribution is -2.54. The van der Waals surface area contributed by atoms with Crippen LogP contribution in [-0.2, 0) is 0 Å². The van der Waals surface area contributed by atoms with Gasteiger partial charge in [0.1, 0.15) is 0 Å². The summed E-state index contributed by atoms with van der Waals surface area (Å²) < 4.78 is 0. The summed E-state index contributed by atoms with van der Waals surface area (Å²) in [4.78, 5) is 2.59. The molecule has 1 heterocycles. The Labute approximate surface area is 89.1 Å². The zero-order valence-corrected chi connectivity index (χ0v) is 10.4. The van der Waals surface area contributed by atoms with Crippen molar-refractivity contribution in [1.29, 1.82) is 0 Å². The van der Waals surface area contributed by atoms with Gasteiger partial charge in [0.15, 0.2) is 0 Å². The molecule has 2 heteroatoms. The third kappa shape index (κ3) is 4.43. The van der Waals surface area contributed by atoms with Gasteiger partial charge in [-0.25, -0.2) is 0 Å². The Hall–Kier alpha value is -0.0800. The van der Waals surface area contributed by atoms with Crippen LogP contribution < -0.4 is 5.32 Å². The van der Waals surface area contributed by atoms with E-state index in [0.29, 0.717) is 17.5 Å². The summed E-state index contributed by atoms with van der Waals surface area (Å²) in [6.45, 7) is 15.2. The minimum atomic E-state index is 0.470. The summed E-state index contributed by atoms with van der Waals surface area (Å²) >= 11 is 0. The van der Waals surface area contributed by atoms with Crippen molar-refractivity contribution in [2.24, 2.45) is 5.41 Å². The van der Waals surface area contributed by atoms with Gasteiger partial charge in [-0.05, 0) is 32.2 Å². The standard InChI is InChI=1S/C12H26N2/c1-10-8-14(9-11(2)13-10)7-6-12(3,4)5/h10-11,13H,6-9H2,1-5H3/t10-,11+. The second-order valence-corrected chi connectivity index (χ2v) is 6.04. The lowest BCUT2D eigenvalue weighted by molar-refractivity contribution is 0.154. The number of piperazine rings is 1. The van der Waals surface area contributed by atoms with E-state index in [4.69, 9.17) is 0 Å². The highest BCUT2D eigenvalue weighted by atomic mass is 15.2. The zero-order valence-electron chi connectivity index (χ0n) is 10.4. The van der Waals surface area contributed by atoms with Crippen molar-refractivity contribution in [2.75, 3.05) is 19.6 Å². The molecule has 0 radical (unpaired) electrons. The Balaban J connectivity index is 2.30. The number of rotatable bonds is 2. The molecule has 1 aliphatic heterocycles. The van der Waals surface area contributed by atoms with E-state index < -0.39 is 0 Å². The van der Waals surface area contributed by atoms with Crippen molar-refractivity contribution in [3.8, 4) is 0 Å². The number of hydrogen-bond donors (Lipinski definition) is 1. The fourth-order valence-corrected chi connectivity index (χ4v) is 2.12. The first-order chi connectivity index (χ1) is 6.37. The Kier molecular flexibility index (Phi) is 3.96. The largest absolute Gasteiger partial charge is 0.309 e. The first-order valence-electron chi connectivity index (χ1n) is 5.85. The molecule has 14 heavy (non-hydrogen) atoms. The van der Waals surface area contributed by atoms with Crippen LogP contribution in [0.15, 0.2) is 0 Å². The molecule has 0 bridgehead atoms. The molecule has 0 amide bonds.